The zero-order valence-corrected chi connectivity index (χ0v) is 31.8. The summed E-state index contributed by atoms with van der Waals surface area (Å²) in [4.78, 5) is 72.0. The Morgan fingerprint density at radius 3 is 2.50 bits per heavy atom. The first-order valence-electron chi connectivity index (χ1n) is 20.1. The molecule has 3 N–H and O–H groups in total. The molecule has 56 heavy (non-hydrogen) atoms. The molecule has 2 atom stereocenters. The molecule has 0 aliphatic carbocycles. The molecule has 5 aliphatic rings. The number of pyridine rings is 2. The Labute approximate surface area is 326 Å². The van der Waals surface area contributed by atoms with Gasteiger partial charge < -0.3 is 29.7 Å². The quantitative estimate of drug-likeness (QED) is 0.208. The molecule has 292 valence electrons. The Balaban J connectivity index is 0.721. The van der Waals surface area contributed by atoms with Crippen molar-refractivity contribution in [1.82, 2.24) is 35.0 Å². The fourth-order valence-electron chi connectivity index (χ4n) is 9.34. The zero-order chi connectivity index (χ0) is 38.3. The number of anilines is 2. The van der Waals surface area contributed by atoms with Gasteiger partial charge in [-0.05, 0) is 88.7 Å². The minimum Gasteiger partial charge on any atom is -0.474 e. The zero-order valence-electron chi connectivity index (χ0n) is 31.8. The van der Waals surface area contributed by atoms with Gasteiger partial charge in [-0.1, -0.05) is 6.07 Å². The molecule has 0 saturated carbocycles. The number of hydrogen-bond acceptors (Lipinski definition) is 10. The molecule has 14 heteroatoms. The lowest BCUT2D eigenvalue weighted by atomic mass is 9.94. The molecule has 4 amide bonds. The Kier molecular flexibility index (Phi) is 9.92. The van der Waals surface area contributed by atoms with Gasteiger partial charge in [0.1, 0.15) is 18.0 Å². The van der Waals surface area contributed by atoms with E-state index in [1.54, 1.807) is 29.4 Å². The number of hydrogen-bond donors (Lipinski definition) is 3. The van der Waals surface area contributed by atoms with Gasteiger partial charge in [-0.2, -0.15) is 0 Å². The molecule has 0 spiro atoms. The summed E-state index contributed by atoms with van der Waals surface area (Å²) in [6, 6.07) is 13.2. The molecule has 1 aromatic carbocycles. The highest BCUT2D eigenvalue weighted by Gasteiger charge is 2.40. The van der Waals surface area contributed by atoms with E-state index in [4.69, 9.17) is 4.74 Å². The van der Waals surface area contributed by atoms with Crippen molar-refractivity contribution in [3.05, 3.63) is 77.2 Å². The van der Waals surface area contributed by atoms with Gasteiger partial charge in [0.2, 0.25) is 17.7 Å². The van der Waals surface area contributed by atoms with Crippen molar-refractivity contribution < 1.29 is 23.9 Å². The third-order valence-electron chi connectivity index (χ3n) is 12.5. The number of aromatic nitrogens is 3. The third-order valence-corrected chi connectivity index (χ3v) is 12.5. The van der Waals surface area contributed by atoms with E-state index in [0.29, 0.717) is 47.8 Å². The molecule has 4 saturated heterocycles. The summed E-state index contributed by atoms with van der Waals surface area (Å²) in [7, 11) is 2.15. The van der Waals surface area contributed by atoms with Gasteiger partial charge in [-0.3, -0.25) is 29.4 Å². The van der Waals surface area contributed by atoms with E-state index >= 15 is 0 Å². The van der Waals surface area contributed by atoms with E-state index in [9.17, 15) is 19.2 Å². The third kappa shape index (κ3) is 7.35. The average Bonchev–Trinajstić information content (AvgIpc) is 3.92. The number of nitrogens with zero attached hydrogens (tertiary/aromatic N) is 6. The van der Waals surface area contributed by atoms with Crippen molar-refractivity contribution in [3.63, 3.8) is 0 Å². The number of nitrogens with one attached hydrogen (secondary N) is 3. The van der Waals surface area contributed by atoms with Crippen LogP contribution >= 0.6 is 0 Å². The number of ether oxygens (including phenoxy) is 1. The highest BCUT2D eigenvalue weighted by molar-refractivity contribution is 6.06. The van der Waals surface area contributed by atoms with Crippen molar-refractivity contribution in [2.24, 2.45) is 5.92 Å². The second-order valence-corrected chi connectivity index (χ2v) is 16.1. The smallest absolute Gasteiger partial charge is 0.258 e. The maximum Gasteiger partial charge on any atom is 0.258 e. The second-order valence-electron chi connectivity index (χ2n) is 16.1. The van der Waals surface area contributed by atoms with Gasteiger partial charge in [0.25, 0.3) is 11.8 Å². The number of carbonyl (C=O) groups excluding carboxylic acids is 4. The summed E-state index contributed by atoms with van der Waals surface area (Å²) >= 11 is 0. The minimum absolute atomic E-state index is 0.0773. The molecule has 4 fully saturated rings. The van der Waals surface area contributed by atoms with Crippen molar-refractivity contribution in [2.45, 2.75) is 76.1 Å². The number of imide groups is 1. The van der Waals surface area contributed by atoms with Crippen LogP contribution in [0.5, 0.6) is 5.88 Å². The van der Waals surface area contributed by atoms with E-state index in [1.165, 1.54) is 12.1 Å². The number of fused-ring (bicyclic) bond motifs is 2. The van der Waals surface area contributed by atoms with Gasteiger partial charge in [0.15, 0.2) is 0 Å². The Morgan fingerprint density at radius 1 is 0.911 bits per heavy atom. The molecule has 4 aromatic rings. The number of aromatic amines is 1. The van der Waals surface area contributed by atoms with Crippen LogP contribution in [0.4, 0.5) is 11.5 Å². The summed E-state index contributed by atoms with van der Waals surface area (Å²) in [5.74, 6) is 0.558. The first kappa shape index (κ1) is 36.3. The Morgan fingerprint density at radius 2 is 1.75 bits per heavy atom. The van der Waals surface area contributed by atoms with Crippen molar-refractivity contribution >= 4 is 46.0 Å². The van der Waals surface area contributed by atoms with E-state index in [2.05, 4.69) is 59.5 Å². The van der Waals surface area contributed by atoms with Crippen molar-refractivity contribution in [1.29, 1.82) is 0 Å². The lowest BCUT2D eigenvalue weighted by Gasteiger charge is -2.38. The SMILES string of the molecule is CN1CCC[C@@H]1c1cc2cnc(NC(=O)c3ccc(OC4CCN(CC5CCN(c6cccc7c6CN(C6CCC(=O)NC6=O)C7=O)CC5)CC4)nc3)cc2[nH]1. The molecular formula is C42H49N9O5. The standard InChI is InChI=1S/C42H49N9O5/c1-48-15-3-6-35(48)33-20-28-23-43-37(21-32(28)45-33)46-40(53)27-7-10-39(44-22-27)56-29-13-16-49(17-14-29)24-26-11-18-50(19-12-26)34-5-2-4-30-31(34)25-51(42(30)55)36-8-9-38(52)47-41(36)54/h2,4-5,7,10,20-23,26,29,35-36,45H,3,6,8-9,11-19,24-25H2,1H3,(H,43,46,53)(H,47,52,54)/t35-,36?/m1/s1. The van der Waals surface area contributed by atoms with Crippen LogP contribution in [0.15, 0.2) is 54.9 Å². The summed E-state index contributed by atoms with van der Waals surface area (Å²) in [6.07, 6.45) is 10.4. The predicted molar refractivity (Wildman–Crippen MR) is 210 cm³/mol. The van der Waals surface area contributed by atoms with E-state index in [0.717, 1.165) is 93.5 Å². The summed E-state index contributed by atoms with van der Waals surface area (Å²) in [6.45, 7) is 6.32. The molecular weight excluding hydrogens is 711 g/mol. The first-order valence-corrected chi connectivity index (χ1v) is 20.1. The van der Waals surface area contributed by atoms with Gasteiger partial charge in [0.05, 0.1) is 11.1 Å². The van der Waals surface area contributed by atoms with Gasteiger partial charge >= 0.3 is 0 Å². The van der Waals surface area contributed by atoms with Crippen LogP contribution in [0.3, 0.4) is 0 Å². The van der Waals surface area contributed by atoms with Crippen LogP contribution in [0.1, 0.15) is 89.4 Å². The number of rotatable bonds is 9. The van der Waals surface area contributed by atoms with Crippen LogP contribution in [-0.2, 0) is 16.1 Å². The Hall–Kier alpha value is -5.34. The van der Waals surface area contributed by atoms with Gasteiger partial charge in [-0.25, -0.2) is 9.97 Å². The van der Waals surface area contributed by atoms with Gasteiger partial charge in [-0.15, -0.1) is 0 Å². The Bertz CT molecular complexity index is 2140. The fourth-order valence-corrected chi connectivity index (χ4v) is 9.34. The molecule has 8 heterocycles. The topological polar surface area (TPSA) is 156 Å². The molecule has 9 rings (SSSR count). The molecule has 3 aromatic heterocycles. The number of carbonyl (C=O) groups is 4. The van der Waals surface area contributed by atoms with Crippen LogP contribution in [0.2, 0.25) is 0 Å². The number of amides is 4. The predicted octanol–water partition coefficient (Wildman–Crippen LogP) is 4.50. The summed E-state index contributed by atoms with van der Waals surface area (Å²) in [5.41, 5.74) is 5.31. The normalized spacial score (nSPS) is 22.8. The van der Waals surface area contributed by atoms with Crippen LogP contribution in [0.25, 0.3) is 10.9 Å². The van der Waals surface area contributed by atoms with Crippen LogP contribution in [-0.4, -0.2) is 112 Å². The van der Waals surface area contributed by atoms with E-state index in [-0.39, 0.29) is 36.2 Å². The second kappa shape index (κ2) is 15.3. The number of likely N-dealkylation sites (tertiary alicyclic amines) is 2. The molecule has 0 radical (unpaired) electrons. The fraction of sp³-hybridized carbons (Fsp3) is 0.476. The van der Waals surface area contributed by atoms with Crippen molar-refractivity contribution in [2.75, 3.05) is 56.5 Å². The minimum atomic E-state index is -0.607. The lowest BCUT2D eigenvalue weighted by Crippen LogP contribution is -2.52. The van der Waals surface area contributed by atoms with Crippen LogP contribution < -0.4 is 20.3 Å². The highest BCUT2D eigenvalue weighted by atomic mass is 16.5. The first-order chi connectivity index (χ1) is 27.3. The lowest BCUT2D eigenvalue weighted by molar-refractivity contribution is -0.136. The number of benzene rings is 1. The van der Waals surface area contributed by atoms with Crippen LogP contribution in [0, 0.1) is 5.92 Å². The summed E-state index contributed by atoms with van der Waals surface area (Å²) < 4.78 is 6.25. The van der Waals surface area contributed by atoms with Gasteiger partial charge in [0, 0.05) is 104 Å². The maximum absolute atomic E-state index is 13.3. The molecule has 5 aliphatic heterocycles. The largest absolute Gasteiger partial charge is 0.474 e. The summed E-state index contributed by atoms with van der Waals surface area (Å²) in [5, 5.41) is 6.33. The van der Waals surface area contributed by atoms with Crippen molar-refractivity contribution in [3.8, 4) is 5.88 Å². The molecule has 0 bridgehead atoms. The maximum atomic E-state index is 13.3. The highest BCUT2D eigenvalue weighted by Crippen LogP contribution is 2.36. The number of H-pyrrole nitrogens is 1. The molecule has 1 unspecified atom stereocenters. The number of piperidine rings is 3. The average molecular weight is 760 g/mol. The van der Waals surface area contributed by atoms with E-state index in [1.807, 2.05) is 18.2 Å². The molecule has 14 nitrogen and oxygen atoms in total. The van der Waals surface area contributed by atoms with E-state index < -0.39 is 6.04 Å². The monoisotopic (exact) mass is 759 g/mol.